The van der Waals surface area contributed by atoms with Crippen molar-refractivity contribution in [2.24, 2.45) is 0 Å². The Balaban J connectivity index is 2.79. The molecule has 2 aromatic carbocycles. The van der Waals surface area contributed by atoms with Crippen molar-refractivity contribution in [1.29, 1.82) is 0 Å². The number of hydrogen-bond acceptors (Lipinski definition) is 2. The van der Waals surface area contributed by atoms with Crippen molar-refractivity contribution in [2.75, 3.05) is 0 Å². The highest BCUT2D eigenvalue weighted by Gasteiger charge is 2.24. The average molecular weight is 310 g/mol. The van der Waals surface area contributed by atoms with E-state index in [4.69, 9.17) is 0 Å². The number of phenols is 1. The summed E-state index contributed by atoms with van der Waals surface area (Å²) in [6.07, 6.45) is 0. The van der Waals surface area contributed by atoms with Gasteiger partial charge in [0.1, 0.15) is 5.75 Å². The van der Waals surface area contributed by atoms with Gasteiger partial charge in [-0.05, 0) is 86.1 Å². The van der Waals surface area contributed by atoms with Crippen LogP contribution in [-0.4, -0.2) is 10.9 Å². The lowest BCUT2D eigenvalue weighted by atomic mass is 9.81. The highest BCUT2D eigenvalue weighted by Crippen LogP contribution is 2.34. The molecule has 122 valence electrons. The summed E-state index contributed by atoms with van der Waals surface area (Å²) in [4.78, 5) is 13.2. The van der Waals surface area contributed by atoms with E-state index in [-0.39, 0.29) is 17.5 Å². The molecule has 0 aliphatic carbocycles. The highest BCUT2D eigenvalue weighted by atomic mass is 16.3. The summed E-state index contributed by atoms with van der Waals surface area (Å²) in [5.74, 6) is 0.217. The third kappa shape index (κ3) is 2.90. The van der Waals surface area contributed by atoms with Crippen LogP contribution in [0.3, 0.4) is 0 Å². The van der Waals surface area contributed by atoms with Crippen LogP contribution in [0, 0.1) is 34.6 Å². The van der Waals surface area contributed by atoms with E-state index in [0.717, 1.165) is 27.8 Å². The van der Waals surface area contributed by atoms with E-state index in [1.165, 1.54) is 11.1 Å². The fraction of sp³-hybridized carbons (Fsp3) is 0.381. The number of carbonyl (C=O) groups excluding carboxylic acids is 1. The molecule has 0 aliphatic heterocycles. The van der Waals surface area contributed by atoms with Crippen LogP contribution in [-0.2, 0) is 0 Å². The summed E-state index contributed by atoms with van der Waals surface area (Å²) in [5.41, 5.74) is 7.76. The zero-order valence-corrected chi connectivity index (χ0v) is 15.2. The van der Waals surface area contributed by atoms with Crippen LogP contribution in [0.4, 0.5) is 0 Å². The fourth-order valence-electron chi connectivity index (χ4n) is 3.32. The Kier molecular flexibility index (Phi) is 4.65. The molecule has 0 bridgehead atoms. The number of ketones is 1. The largest absolute Gasteiger partial charge is 0.507 e. The first kappa shape index (κ1) is 17.3. The molecule has 0 saturated heterocycles. The number of aryl methyl sites for hydroxylation is 1. The van der Waals surface area contributed by atoms with Gasteiger partial charge in [-0.15, -0.1) is 0 Å². The molecule has 0 aliphatic rings. The Morgan fingerprint density at radius 3 is 2.00 bits per heavy atom. The lowest BCUT2D eigenvalue weighted by molar-refractivity contribution is 0.103. The zero-order valence-electron chi connectivity index (χ0n) is 15.2. The lowest BCUT2D eigenvalue weighted by Gasteiger charge is -2.22. The van der Waals surface area contributed by atoms with Gasteiger partial charge in [0.05, 0.1) is 5.56 Å². The number of benzene rings is 2. The fourth-order valence-corrected chi connectivity index (χ4v) is 3.32. The van der Waals surface area contributed by atoms with E-state index in [2.05, 4.69) is 34.6 Å². The van der Waals surface area contributed by atoms with E-state index < -0.39 is 0 Å². The molecular formula is C21H26O2. The molecule has 0 atom stereocenters. The third-order valence-electron chi connectivity index (χ3n) is 4.94. The molecule has 0 saturated carbocycles. The van der Waals surface area contributed by atoms with E-state index in [0.29, 0.717) is 5.56 Å². The molecule has 0 fully saturated rings. The van der Waals surface area contributed by atoms with Crippen LogP contribution in [0.5, 0.6) is 5.75 Å². The molecule has 2 rings (SSSR count). The van der Waals surface area contributed by atoms with E-state index in [1.807, 2.05) is 19.9 Å². The third-order valence-corrected chi connectivity index (χ3v) is 4.94. The second kappa shape index (κ2) is 6.19. The van der Waals surface area contributed by atoms with Crippen molar-refractivity contribution in [3.8, 4) is 5.75 Å². The first-order chi connectivity index (χ1) is 10.7. The van der Waals surface area contributed by atoms with Gasteiger partial charge in [-0.25, -0.2) is 0 Å². The first-order valence-electron chi connectivity index (χ1n) is 8.11. The molecule has 0 spiro atoms. The molecule has 0 heterocycles. The van der Waals surface area contributed by atoms with Crippen LogP contribution in [0.1, 0.15) is 69.1 Å². The van der Waals surface area contributed by atoms with E-state index in [9.17, 15) is 9.90 Å². The SMILES string of the molecule is Cc1ccc(C(=O)c2c(C)c(C)c(C)c(C)c2C(C)C)c(O)c1. The van der Waals surface area contributed by atoms with Gasteiger partial charge >= 0.3 is 0 Å². The Labute approximate surface area is 139 Å². The van der Waals surface area contributed by atoms with Gasteiger partial charge in [-0.2, -0.15) is 0 Å². The van der Waals surface area contributed by atoms with Crippen LogP contribution < -0.4 is 0 Å². The standard InChI is InChI=1S/C21H26O2/c1-11(2)19-15(6)13(4)14(5)16(7)20(19)21(23)17-9-8-12(3)10-18(17)22/h8-11,22H,1-7H3. The Hall–Kier alpha value is -2.09. The molecule has 23 heavy (non-hydrogen) atoms. The Morgan fingerprint density at radius 2 is 1.48 bits per heavy atom. The summed E-state index contributed by atoms with van der Waals surface area (Å²) >= 11 is 0. The molecule has 0 amide bonds. The van der Waals surface area contributed by atoms with Gasteiger partial charge in [-0.3, -0.25) is 4.79 Å². The van der Waals surface area contributed by atoms with Gasteiger partial charge in [-0.1, -0.05) is 19.9 Å². The van der Waals surface area contributed by atoms with Crippen molar-refractivity contribution >= 4 is 5.78 Å². The molecule has 0 aromatic heterocycles. The lowest BCUT2D eigenvalue weighted by Crippen LogP contribution is -2.14. The second-order valence-corrected chi connectivity index (χ2v) is 6.79. The van der Waals surface area contributed by atoms with E-state index in [1.54, 1.807) is 12.1 Å². The number of rotatable bonds is 3. The normalized spacial score (nSPS) is 11.1. The highest BCUT2D eigenvalue weighted by molar-refractivity contribution is 6.13. The first-order valence-corrected chi connectivity index (χ1v) is 8.11. The van der Waals surface area contributed by atoms with Crippen molar-refractivity contribution in [1.82, 2.24) is 0 Å². The maximum absolute atomic E-state index is 13.2. The van der Waals surface area contributed by atoms with Crippen molar-refractivity contribution in [2.45, 2.75) is 54.4 Å². The minimum Gasteiger partial charge on any atom is -0.507 e. The van der Waals surface area contributed by atoms with Crippen LogP contribution in [0.25, 0.3) is 0 Å². The topological polar surface area (TPSA) is 37.3 Å². The molecule has 1 N–H and O–H groups in total. The van der Waals surface area contributed by atoms with Crippen LogP contribution in [0.15, 0.2) is 18.2 Å². The monoisotopic (exact) mass is 310 g/mol. The van der Waals surface area contributed by atoms with Crippen LogP contribution in [0.2, 0.25) is 0 Å². The van der Waals surface area contributed by atoms with Crippen LogP contribution >= 0.6 is 0 Å². The van der Waals surface area contributed by atoms with Gasteiger partial charge < -0.3 is 5.11 Å². The summed E-state index contributed by atoms with van der Waals surface area (Å²) in [5, 5.41) is 10.2. The summed E-state index contributed by atoms with van der Waals surface area (Å²) < 4.78 is 0. The molecular weight excluding hydrogens is 284 g/mol. The van der Waals surface area contributed by atoms with Gasteiger partial charge in [0, 0.05) is 5.56 Å². The predicted octanol–water partition coefficient (Wildman–Crippen LogP) is 5.29. The van der Waals surface area contributed by atoms with Crippen molar-refractivity contribution in [3.05, 3.63) is 62.7 Å². The number of carbonyl (C=O) groups is 1. The molecule has 2 aromatic rings. The minimum absolute atomic E-state index is 0.0555. The molecule has 2 nitrogen and oxygen atoms in total. The molecule has 0 radical (unpaired) electrons. The van der Waals surface area contributed by atoms with Gasteiger partial charge in [0.15, 0.2) is 5.78 Å². The second-order valence-electron chi connectivity index (χ2n) is 6.79. The Morgan fingerprint density at radius 1 is 0.913 bits per heavy atom. The number of phenolic OH excluding ortho intramolecular Hbond substituents is 1. The summed E-state index contributed by atoms with van der Waals surface area (Å²) in [6, 6.07) is 5.23. The maximum Gasteiger partial charge on any atom is 0.197 e. The Bertz CT molecular complexity index is 783. The average Bonchev–Trinajstić information content (AvgIpc) is 2.47. The van der Waals surface area contributed by atoms with Crippen molar-refractivity contribution < 1.29 is 9.90 Å². The van der Waals surface area contributed by atoms with E-state index >= 15 is 0 Å². The quantitative estimate of drug-likeness (QED) is 0.782. The molecule has 0 unspecified atom stereocenters. The maximum atomic E-state index is 13.2. The number of aromatic hydroxyl groups is 1. The predicted molar refractivity (Wildman–Crippen MR) is 95.8 cm³/mol. The summed E-state index contributed by atoms with van der Waals surface area (Å²) in [6.45, 7) is 14.4. The van der Waals surface area contributed by atoms with Gasteiger partial charge in [0.2, 0.25) is 0 Å². The smallest absolute Gasteiger partial charge is 0.197 e. The zero-order chi connectivity index (χ0) is 17.5. The van der Waals surface area contributed by atoms with Crippen molar-refractivity contribution in [3.63, 3.8) is 0 Å². The summed E-state index contributed by atoms with van der Waals surface area (Å²) in [7, 11) is 0. The molecule has 2 heteroatoms. The number of hydrogen-bond donors (Lipinski definition) is 1. The van der Waals surface area contributed by atoms with Gasteiger partial charge in [0.25, 0.3) is 0 Å². The minimum atomic E-state index is -0.0881.